The Morgan fingerprint density at radius 2 is 1.94 bits per heavy atom. The van der Waals surface area contributed by atoms with E-state index in [1.807, 2.05) is 6.92 Å². The Labute approximate surface area is 95.7 Å². The van der Waals surface area contributed by atoms with Crippen molar-refractivity contribution in [3.8, 4) is 18.1 Å². The minimum atomic E-state index is -4.22. The number of aryl methyl sites for hydroxylation is 1. The highest BCUT2D eigenvalue weighted by atomic mass is 32.2. The maximum absolute atomic E-state index is 10.7. The summed E-state index contributed by atoms with van der Waals surface area (Å²) in [6.07, 6.45) is 5.62. The molecule has 0 spiro atoms. The van der Waals surface area contributed by atoms with Gasteiger partial charge in [0.1, 0.15) is 10.6 Å². The summed E-state index contributed by atoms with van der Waals surface area (Å²) in [5.41, 5.74) is 0.398. The van der Waals surface area contributed by atoms with Gasteiger partial charge in [0.05, 0.1) is 0 Å². The third-order valence-electron chi connectivity index (χ3n) is 1.65. The van der Waals surface area contributed by atoms with Crippen LogP contribution in [0.3, 0.4) is 0 Å². The van der Waals surface area contributed by atoms with Crippen LogP contribution in [0.25, 0.3) is 0 Å². The molecule has 0 aliphatic rings. The summed E-state index contributed by atoms with van der Waals surface area (Å²) in [4.78, 5) is -0.262. The largest absolute Gasteiger partial charge is 0.508 e. The summed E-state index contributed by atoms with van der Waals surface area (Å²) in [5.74, 6) is 2.24. The van der Waals surface area contributed by atoms with Crippen molar-refractivity contribution in [3.63, 3.8) is 0 Å². The quantitative estimate of drug-likeness (QED) is 0.583. The second kappa shape index (κ2) is 6.16. The van der Waals surface area contributed by atoms with Gasteiger partial charge >= 0.3 is 0 Å². The predicted molar refractivity (Wildman–Crippen MR) is 61.8 cm³/mol. The second-order valence-electron chi connectivity index (χ2n) is 2.98. The lowest BCUT2D eigenvalue weighted by molar-refractivity contribution is 0.465. The van der Waals surface area contributed by atoms with Crippen LogP contribution in [0.2, 0.25) is 0 Å². The van der Waals surface area contributed by atoms with Crippen LogP contribution < -0.4 is 0 Å². The molecular weight excluding hydrogens is 228 g/mol. The summed E-state index contributed by atoms with van der Waals surface area (Å²) >= 11 is 0. The zero-order chi connectivity index (χ0) is 12.8. The Morgan fingerprint density at radius 1 is 1.44 bits per heavy atom. The standard InChI is InChI=1S/C7H8O4S.C4H6/c1-5-2-3-6(8)4-7(5)12(9,10)11;1-3-4-2/h2-4,8H,1H3,(H,9,10,11);1H,4H2,2H3. The van der Waals surface area contributed by atoms with Crippen LogP contribution in [-0.2, 0) is 10.1 Å². The number of hydrogen-bond donors (Lipinski definition) is 2. The molecule has 0 amide bonds. The van der Waals surface area contributed by atoms with Gasteiger partial charge in [-0.3, -0.25) is 4.55 Å². The topological polar surface area (TPSA) is 74.6 Å². The van der Waals surface area contributed by atoms with Crippen LogP contribution in [0, 0.1) is 19.3 Å². The Morgan fingerprint density at radius 3 is 2.25 bits per heavy atom. The maximum atomic E-state index is 10.7. The molecule has 2 N–H and O–H groups in total. The fourth-order valence-electron chi connectivity index (χ4n) is 0.867. The van der Waals surface area contributed by atoms with Crippen molar-refractivity contribution in [2.24, 2.45) is 0 Å². The molecule has 0 saturated heterocycles. The van der Waals surface area contributed by atoms with Gasteiger partial charge in [0.15, 0.2) is 0 Å². The van der Waals surface area contributed by atoms with E-state index in [0.717, 1.165) is 12.5 Å². The van der Waals surface area contributed by atoms with E-state index in [4.69, 9.17) is 16.1 Å². The van der Waals surface area contributed by atoms with E-state index in [0.29, 0.717) is 5.56 Å². The van der Waals surface area contributed by atoms with E-state index in [2.05, 4.69) is 5.92 Å². The van der Waals surface area contributed by atoms with Crippen LogP contribution in [0.5, 0.6) is 5.75 Å². The van der Waals surface area contributed by atoms with Gasteiger partial charge in [0.25, 0.3) is 10.1 Å². The Kier molecular flexibility index (Phi) is 5.57. The van der Waals surface area contributed by atoms with Crippen LogP contribution >= 0.6 is 0 Å². The Balaban J connectivity index is 0.000000487. The molecule has 4 nitrogen and oxygen atoms in total. The smallest absolute Gasteiger partial charge is 0.294 e. The first-order valence-corrected chi connectivity index (χ1v) is 5.97. The lowest BCUT2D eigenvalue weighted by Crippen LogP contribution is -2.00. The fraction of sp³-hybridized carbons (Fsp3) is 0.273. The number of phenols is 1. The SMILES string of the molecule is C#CCC.Cc1ccc(O)cc1S(=O)(=O)O. The van der Waals surface area contributed by atoms with Crippen LogP contribution in [-0.4, -0.2) is 18.1 Å². The van der Waals surface area contributed by atoms with Crippen molar-refractivity contribution in [1.82, 2.24) is 0 Å². The number of benzene rings is 1. The van der Waals surface area contributed by atoms with Gasteiger partial charge < -0.3 is 5.11 Å². The first-order valence-electron chi connectivity index (χ1n) is 4.53. The molecule has 1 aromatic rings. The molecule has 0 atom stereocenters. The summed E-state index contributed by atoms with van der Waals surface area (Å²) in [7, 11) is -4.22. The lowest BCUT2D eigenvalue weighted by atomic mass is 10.2. The minimum Gasteiger partial charge on any atom is -0.508 e. The summed E-state index contributed by atoms with van der Waals surface area (Å²) < 4.78 is 30.0. The van der Waals surface area contributed by atoms with Crippen molar-refractivity contribution in [3.05, 3.63) is 23.8 Å². The number of hydrogen-bond acceptors (Lipinski definition) is 3. The van der Waals surface area contributed by atoms with Crippen molar-refractivity contribution in [2.75, 3.05) is 0 Å². The predicted octanol–water partition coefficient (Wildman–Crippen LogP) is 1.98. The van der Waals surface area contributed by atoms with E-state index in [9.17, 15) is 8.42 Å². The van der Waals surface area contributed by atoms with Crippen molar-refractivity contribution >= 4 is 10.1 Å². The highest BCUT2D eigenvalue weighted by molar-refractivity contribution is 7.85. The zero-order valence-electron chi connectivity index (χ0n) is 9.14. The molecule has 0 aliphatic heterocycles. The highest BCUT2D eigenvalue weighted by Gasteiger charge is 2.12. The molecule has 1 aromatic carbocycles. The molecule has 0 heterocycles. The van der Waals surface area contributed by atoms with E-state index in [-0.39, 0.29) is 10.6 Å². The highest BCUT2D eigenvalue weighted by Crippen LogP contribution is 2.19. The van der Waals surface area contributed by atoms with E-state index < -0.39 is 10.1 Å². The number of phenolic OH excluding ortho intramolecular Hbond substituents is 1. The van der Waals surface area contributed by atoms with E-state index >= 15 is 0 Å². The van der Waals surface area contributed by atoms with E-state index in [1.54, 1.807) is 0 Å². The third kappa shape index (κ3) is 4.82. The van der Waals surface area contributed by atoms with Crippen LogP contribution in [0.4, 0.5) is 0 Å². The Bertz CT molecular complexity index is 483. The molecule has 0 bridgehead atoms. The molecule has 16 heavy (non-hydrogen) atoms. The van der Waals surface area contributed by atoms with Gasteiger partial charge in [-0.05, 0) is 18.6 Å². The van der Waals surface area contributed by atoms with E-state index in [1.165, 1.54) is 19.1 Å². The van der Waals surface area contributed by atoms with Gasteiger partial charge in [-0.2, -0.15) is 8.42 Å². The van der Waals surface area contributed by atoms with Crippen molar-refractivity contribution in [1.29, 1.82) is 0 Å². The zero-order valence-corrected chi connectivity index (χ0v) is 9.95. The number of terminal acetylenes is 1. The van der Waals surface area contributed by atoms with Gasteiger partial charge in [-0.1, -0.05) is 13.0 Å². The summed E-state index contributed by atoms with van der Waals surface area (Å²) in [6.45, 7) is 3.47. The van der Waals surface area contributed by atoms with Gasteiger partial charge in [0, 0.05) is 12.5 Å². The molecule has 0 radical (unpaired) electrons. The molecular formula is C11H14O4S. The fourth-order valence-corrected chi connectivity index (χ4v) is 1.61. The molecule has 88 valence electrons. The Hall–Kier alpha value is -1.51. The van der Waals surface area contributed by atoms with Crippen LogP contribution in [0.15, 0.2) is 23.1 Å². The maximum Gasteiger partial charge on any atom is 0.294 e. The van der Waals surface area contributed by atoms with Crippen molar-refractivity contribution in [2.45, 2.75) is 25.2 Å². The van der Waals surface area contributed by atoms with Gasteiger partial charge in [-0.15, -0.1) is 12.3 Å². The molecule has 0 aromatic heterocycles. The molecule has 0 saturated carbocycles. The molecule has 0 unspecified atom stereocenters. The van der Waals surface area contributed by atoms with Gasteiger partial charge in [-0.25, -0.2) is 0 Å². The molecule has 5 heteroatoms. The van der Waals surface area contributed by atoms with Crippen molar-refractivity contribution < 1.29 is 18.1 Å². The lowest BCUT2D eigenvalue weighted by Gasteiger charge is -2.01. The number of aromatic hydroxyl groups is 1. The molecule has 1 rings (SSSR count). The minimum absolute atomic E-state index is 0.187. The molecule has 0 aliphatic carbocycles. The van der Waals surface area contributed by atoms with Crippen LogP contribution in [0.1, 0.15) is 18.9 Å². The second-order valence-corrected chi connectivity index (χ2v) is 4.37. The number of rotatable bonds is 1. The monoisotopic (exact) mass is 242 g/mol. The summed E-state index contributed by atoms with van der Waals surface area (Å²) in [6, 6.07) is 3.77. The molecule has 0 fully saturated rings. The first kappa shape index (κ1) is 14.5. The normalized spacial score (nSPS) is 9.88. The average molecular weight is 242 g/mol. The third-order valence-corrected chi connectivity index (χ3v) is 2.65. The summed E-state index contributed by atoms with van der Waals surface area (Å²) in [5, 5.41) is 8.93. The van der Waals surface area contributed by atoms with Gasteiger partial charge in [0.2, 0.25) is 0 Å². The average Bonchev–Trinajstić information content (AvgIpc) is 2.20. The first-order chi connectivity index (χ1) is 7.32.